The van der Waals surface area contributed by atoms with Crippen molar-refractivity contribution in [1.29, 1.82) is 0 Å². The van der Waals surface area contributed by atoms with E-state index in [2.05, 4.69) is 30.5 Å². The molecule has 7 rings (SSSR count). The number of nitrogens with one attached hydrogen (secondary N) is 3. The Morgan fingerprint density at radius 1 is 0.900 bits per heavy atom. The van der Waals surface area contributed by atoms with Crippen LogP contribution in [0.3, 0.4) is 0 Å². The van der Waals surface area contributed by atoms with Crippen LogP contribution in [0.2, 0.25) is 0 Å². The molecule has 0 spiro atoms. The SMILES string of the molecule is O=C(Cc1ccccc1)Nc1cncc(-c2ccc3[nH]nc(-c4nc5c(-c6ccc(F)s6)cncc5[nH]4)c3c2)c1. The Kier molecular flexibility index (Phi) is 5.86. The van der Waals surface area contributed by atoms with Gasteiger partial charge in [0.1, 0.15) is 11.2 Å². The maximum absolute atomic E-state index is 13.7. The fourth-order valence-electron chi connectivity index (χ4n) is 4.71. The molecule has 10 heteroatoms. The molecule has 5 heterocycles. The number of thiophene rings is 1. The minimum atomic E-state index is -0.261. The zero-order chi connectivity index (χ0) is 27.1. The van der Waals surface area contributed by atoms with Gasteiger partial charge in [-0.3, -0.25) is 19.9 Å². The van der Waals surface area contributed by atoms with Crippen molar-refractivity contribution >= 4 is 44.9 Å². The Hall–Kier alpha value is -5.22. The average Bonchev–Trinajstić information content (AvgIpc) is 3.71. The molecule has 0 fully saturated rings. The van der Waals surface area contributed by atoms with Gasteiger partial charge in [0.25, 0.3) is 0 Å². The molecule has 0 aliphatic rings. The van der Waals surface area contributed by atoms with Crippen LogP contribution < -0.4 is 5.32 Å². The first-order valence-corrected chi connectivity index (χ1v) is 13.3. The summed E-state index contributed by atoms with van der Waals surface area (Å²) in [6.45, 7) is 0. The normalized spacial score (nSPS) is 11.3. The number of aromatic nitrogens is 6. The largest absolute Gasteiger partial charge is 0.335 e. The van der Waals surface area contributed by atoms with Crippen molar-refractivity contribution in [3.8, 4) is 33.1 Å². The number of benzene rings is 2. The molecule has 40 heavy (non-hydrogen) atoms. The molecule has 0 aliphatic carbocycles. The van der Waals surface area contributed by atoms with E-state index >= 15 is 0 Å². The smallest absolute Gasteiger partial charge is 0.228 e. The molecule has 3 N–H and O–H groups in total. The van der Waals surface area contributed by atoms with E-state index < -0.39 is 0 Å². The van der Waals surface area contributed by atoms with Gasteiger partial charge in [-0.15, -0.1) is 11.3 Å². The molecule has 8 nitrogen and oxygen atoms in total. The van der Waals surface area contributed by atoms with E-state index in [4.69, 9.17) is 4.98 Å². The van der Waals surface area contributed by atoms with E-state index in [1.54, 1.807) is 30.9 Å². The number of pyridine rings is 2. The lowest BCUT2D eigenvalue weighted by atomic mass is 10.0. The molecule has 5 aromatic heterocycles. The monoisotopic (exact) mass is 545 g/mol. The molecule has 0 aliphatic heterocycles. The average molecular weight is 546 g/mol. The summed E-state index contributed by atoms with van der Waals surface area (Å²) in [6.07, 6.45) is 7.06. The number of imidazole rings is 1. The fourth-order valence-corrected chi connectivity index (χ4v) is 5.45. The third-order valence-electron chi connectivity index (χ3n) is 6.58. The van der Waals surface area contributed by atoms with Crippen LogP contribution in [0.1, 0.15) is 5.56 Å². The standard InChI is InChI=1S/C30H20FN7OS/c31-26-9-8-25(40-26)22-15-33-16-24-28(22)36-30(35-24)29-21-12-18(6-7-23(21)37-38-29)19-11-20(14-32-13-19)34-27(39)10-17-4-2-1-3-5-17/h1-9,11-16H,10H2,(H,34,39)(H,35,36)(H,37,38). The molecular weight excluding hydrogens is 525 g/mol. The lowest BCUT2D eigenvalue weighted by molar-refractivity contribution is -0.115. The van der Waals surface area contributed by atoms with Crippen molar-refractivity contribution < 1.29 is 9.18 Å². The van der Waals surface area contributed by atoms with Crippen molar-refractivity contribution in [2.45, 2.75) is 6.42 Å². The van der Waals surface area contributed by atoms with Crippen LogP contribution in [0.25, 0.3) is 55.0 Å². The summed E-state index contributed by atoms with van der Waals surface area (Å²) in [6, 6.07) is 20.6. The Balaban J connectivity index is 1.21. The van der Waals surface area contributed by atoms with Crippen molar-refractivity contribution in [2.75, 3.05) is 5.32 Å². The van der Waals surface area contributed by atoms with Crippen LogP contribution >= 0.6 is 11.3 Å². The molecule has 1 amide bonds. The number of rotatable bonds is 6. The van der Waals surface area contributed by atoms with Gasteiger partial charge in [0.2, 0.25) is 5.91 Å². The number of halogens is 1. The first kappa shape index (κ1) is 23.9. The number of aromatic amines is 2. The molecule has 0 saturated heterocycles. The van der Waals surface area contributed by atoms with E-state index in [0.29, 0.717) is 22.7 Å². The van der Waals surface area contributed by atoms with Crippen molar-refractivity contribution in [3.63, 3.8) is 0 Å². The quantitative estimate of drug-likeness (QED) is 0.218. The van der Waals surface area contributed by atoms with E-state index in [0.717, 1.165) is 54.9 Å². The molecule has 0 unspecified atom stereocenters. The van der Waals surface area contributed by atoms with Crippen molar-refractivity contribution in [3.05, 3.63) is 102 Å². The van der Waals surface area contributed by atoms with Gasteiger partial charge < -0.3 is 10.3 Å². The summed E-state index contributed by atoms with van der Waals surface area (Å²) in [5, 5.41) is 11.2. The van der Waals surface area contributed by atoms with E-state index in [1.165, 1.54) is 6.07 Å². The molecular formula is C30H20FN7OS. The minimum absolute atomic E-state index is 0.109. The van der Waals surface area contributed by atoms with Crippen LogP contribution in [0.15, 0.2) is 91.5 Å². The van der Waals surface area contributed by atoms with E-state index in [1.807, 2.05) is 54.6 Å². The number of amides is 1. The van der Waals surface area contributed by atoms with E-state index in [9.17, 15) is 9.18 Å². The van der Waals surface area contributed by atoms with Crippen LogP contribution in [-0.2, 0) is 11.2 Å². The maximum atomic E-state index is 13.7. The second kappa shape index (κ2) is 9.83. The number of carbonyl (C=O) groups is 1. The van der Waals surface area contributed by atoms with Gasteiger partial charge >= 0.3 is 0 Å². The molecule has 0 saturated carbocycles. The maximum Gasteiger partial charge on any atom is 0.228 e. The Morgan fingerprint density at radius 2 is 1.77 bits per heavy atom. The van der Waals surface area contributed by atoms with Gasteiger partial charge in [0, 0.05) is 33.8 Å². The van der Waals surface area contributed by atoms with Crippen molar-refractivity contribution in [1.82, 2.24) is 30.1 Å². The number of H-pyrrole nitrogens is 2. The van der Waals surface area contributed by atoms with Crippen LogP contribution in [-0.4, -0.2) is 36.0 Å². The molecule has 0 radical (unpaired) electrons. The number of carbonyl (C=O) groups excluding carboxylic acids is 1. The third-order valence-corrected chi connectivity index (χ3v) is 7.49. The Bertz CT molecular complexity index is 2010. The fraction of sp³-hybridized carbons (Fsp3) is 0.0333. The molecule has 0 atom stereocenters. The molecule has 0 bridgehead atoms. The predicted molar refractivity (Wildman–Crippen MR) is 154 cm³/mol. The van der Waals surface area contributed by atoms with Gasteiger partial charge in [-0.2, -0.15) is 9.49 Å². The first-order chi connectivity index (χ1) is 19.6. The summed E-state index contributed by atoms with van der Waals surface area (Å²) in [7, 11) is 0. The highest BCUT2D eigenvalue weighted by Gasteiger charge is 2.17. The Morgan fingerprint density at radius 3 is 2.62 bits per heavy atom. The molecule has 7 aromatic rings. The first-order valence-electron chi connectivity index (χ1n) is 12.5. The summed E-state index contributed by atoms with van der Waals surface area (Å²) in [5.74, 6) is 0.464. The summed E-state index contributed by atoms with van der Waals surface area (Å²) < 4.78 is 13.7. The lowest BCUT2D eigenvalue weighted by Crippen LogP contribution is -2.14. The van der Waals surface area contributed by atoms with Crippen LogP contribution in [0, 0.1) is 5.13 Å². The highest BCUT2D eigenvalue weighted by molar-refractivity contribution is 7.14. The van der Waals surface area contributed by atoms with E-state index in [-0.39, 0.29) is 17.5 Å². The zero-order valence-electron chi connectivity index (χ0n) is 20.9. The topological polar surface area (TPSA) is 112 Å². The van der Waals surface area contributed by atoms with Crippen molar-refractivity contribution in [2.24, 2.45) is 0 Å². The minimum Gasteiger partial charge on any atom is -0.335 e. The second-order valence-electron chi connectivity index (χ2n) is 9.28. The predicted octanol–water partition coefficient (Wildman–Crippen LogP) is 6.61. The summed E-state index contributed by atoms with van der Waals surface area (Å²) in [5.41, 5.74) is 7.00. The molecule has 194 valence electrons. The highest BCUT2D eigenvalue weighted by atomic mass is 32.1. The van der Waals surface area contributed by atoms with Gasteiger partial charge in [0.05, 0.1) is 35.5 Å². The zero-order valence-corrected chi connectivity index (χ0v) is 21.7. The van der Waals surface area contributed by atoms with Crippen LogP contribution in [0.4, 0.5) is 10.1 Å². The third kappa shape index (κ3) is 4.50. The number of hydrogen-bond donors (Lipinski definition) is 3. The van der Waals surface area contributed by atoms with Gasteiger partial charge in [-0.1, -0.05) is 36.4 Å². The second-order valence-corrected chi connectivity index (χ2v) is 10.3. The van der Waals surface area contributed by atoms with Gasteiger partial charge in [-0.05, 0) is 41.5 Å². The molecule has 2 aromatic carbocycles. The number of nitrogens with zero attached hydrogens (tertiary/aromatic N) is 4. The Labute approximate surface area is 231 Å². The van der Waals surface area contributed by atoms with Gasteiger partial charge in [-0.25, -0.2) is 4.98 Å². The van der Waals surface area contributed by atoms with Crippen LogP contribution in [0.5, 0.6) is 0 Å². The number of fused-ring (bicyclic) bond motifs is 2. The highest BCUT2D eigenvalue weighted by Crippen LogP contribution is 2.35. The summed E-state index contributed by atoms with van der Waals surface area (Å²) in [4.78, 5) is 30.1. The van der Waals surface area contributed by atoms with Gasteiger partial charge in [0.15, 0.2) is 11.0 Å². The lowest BCUT2D eigenvalue weighted by Gasteiger charge is -2.08. The number of hydrogen-bond acceptors (Lipinski definition) is 6. The summed E-state index contributed by atoms with van der Waals surface area (Å²) >= 11 is 1.05. The number of anilines is 1.